The van der Waals surface area contributed by atoms with Crippen molar-refractivity contribution in [3.05, 3.63) is 11.9 Å². The van der Waals surface area contributed by atoms with Gasteiger partial charge in [0, 0.05) is 7.05 Å². The molecule has 0 fully saturated rings. The van der Waals surface area contributed by atoms with Gasteiger partial charge in [0.25, 0.3) is 0 Å². The number of halogens is 3. The molecule has 0 saturated heterocycles. The van der Waals surface area contributed by atoms with Gasteiger partial charge in [-0.05, 0) is 0 Å². The van der Waals surface area contributed by atoms with Crippen LogP contribution in [0, 0.1) is 0 Å². The van der Waals surface area contributed by atoms with Crippen molar-refractivity contribution < 1.29 is 22.6 Å². The van der Waals surface area contributed by atoms with E-state index in [2.05, 4.69) is 9.84 Å². The first-order valence-electron chi connectivity index (χ1n) is 4.81. The maximum Gasteiger partial charge on any atom is 0.411 e. The van der Waals surface area contributed by atoms with Crippen molar-refractivity contribution in [3.63, 3.8) is 0 Å². The van der Waals surface area contributed by atoms with Crippen LogP contribution < -0.4 is 10.5 Å². The molecular weight excluding hydrogens is 239 g/mol. The van der Waals surface area contributed by atoms with Gasteiger partial charge in [0.2, 0.25) is 0 Å². The number of nitrogens with zero attached hydrogens (tertiary/aromatic N) is 2. The normalized spacial score (nSPS) is 13.8. The van der Waals surface area contributed by atoms with E-state index in [0.29, 0.717) is 11.4 Å². The Morgan fingerprint density at radius 3 is 2.71 bits per heavy atom. The lowest BCUT2D eigenvalue weighted by atomic mass is 10.2. The van der Waals surface area contributed by atoms with Crippen LogP contribution in [0.5, 0.6) is 5.75 Å². The Hall–Kier alpha value is -1.28. The zero-order valence-corrected chi connectivity index (χ0v) is 9.49. The summed E-state index contributed by atoms with van der Waals surface area (Å²) in [5.41, 5.74) is 6.21. The summed E-state index contributed by atoms with van der Waals surface area (Å²) in [5, 5.41) is 3.90. The average Bonchev–Trinajstić information content (AvgIpc) is 2.57. The van der Waals surface area contributed by atoms with Crippen molar-refractivity contribution in [3.8, 4) is 5.75 Å². The van der Waals surface area contributed by atoms with Gasteiger partial charge in [0.05, 0.1) is 31.6 Å². The second-order valence-electron chi connectivity index (χ2n) is 3.46. The molecule has 5 nitrogen and oxygen atoms in total. The molecule has 1 unspecified atom stereocenters. The molecular formula is C9H14F3N3O2. The first kappa shape index (κ1) is 13.8. The highest BCUT2D eigenvalue weighted by Gasteiger charge is 2.28. The highest BCUT2D eigenvalue weighted by molar-refractivity contribution is 5.27. The van der Waals surface area contributed by atoms with Crippen molar-refractivity contribution in [2.24, 2.45) is 12.8 Å². The van der Waals surface area contributed by atoms with Gasteiger partial charge in [-0.2, -0.15) is 18.3 Å². The molecule has 17 heavy (non-hydrogen) atoms. The van der Waals surface area contributed by atoms with Crippen LogP contribution in [0.4, 0.5) is 13.2 Å². The fraction of sp³-hybridized carbons (Fsp3) is 0.667. The fourth-order valence-corrected chi connectivity index (χ4v) is 1.39. The number of hydrogen-bond donors (Lipinski definition) is 1. The van der Waals surface area contributed by atoms with Crippen molar-refractivity contribution in [2.75, 3.05) is 20.3 Å². The molecule has 0 bridgehead atoms. The summed E-state index contributed by atoms with van der Waals surface area (Å²) in [6.07, 6.45) is -2.91. The SMILES string of the molecule is COc1cnn(C)c1C(N)COCC(F)(F)F. The third kappa shape index (κ3) is 3.90. The van der Waals surface area contributed by atoms with Gasteiger partial charge in [-0.3, -0.25) is 4.68 Å². The molecule has 1 atom stereocenters. The van der Waals surface area contributed by atoms with Crippen LogP contribution in [-0.2, 0) is 11.8 Å². The summed E-state index contributed by atoms with van der Waals surface area (Å²) in [7, 11) is 3.06. The molecule has 98 valence electrons. The number of alkyl halides is 3. The Morgan fingerprint density at radius 2 is 2.18 bits per heavy atom. The summed E-state index contributed by atoms with van der Waals surface area (Å²) in [4.78, 5) is 0. The summed E-state index contributed by atoms with van der Waals surface area (Å²) in [6, 6.07) is -0.722. The number of aromatic nitrogens is 2. The van der Waals surface area contributed by atoms with E-state index in [1.54, 1.807) is 7.05 Å². The molecule has 0 radical (unpaired) electrons. The Labute approximate surface area is 96.3 Å². The summed E-state index contributed by atoms with van der Waals surface area (Å²) in [6.45, 7) is -1.57. The van der Waals surface area contributed by atoms with Gasteiger partial charge in [-0.1, -0.05) is 0 Å². The highest BCUT2D eigenvalue weighted by atomic mass is 19.4. The maximum absolute atomic E-state index is 11.9. The van der Waals surface area contributed by atoms with Gasteiger partial charge in [0.15, 0.2) is 5.75 Å². The third-order valence-corrected chi connectivity index (χ3v) is 2.08. The van der Waals surface area contributed by atoms with E-state index in [4.69, 9.17) is 10.5 Å². The van der Waals surface area contributed by atoms with E-state index in [0.717, 1.165) is 0 Å². The Morgan fingerprint density at radius 1 is 1.53 bits per heavy atom. The van der Waals surface area contributed by atoms with Crippen LogP contribution >= 0.6 is 0 Å². The maximum atomic E-state index is 11.9. The van der Waals surface area contributed by atoms with Crippen molar-refractivity contribution in [1.82, 2.24) is 9.78 Å². The van der Waals surface area contributed by atoms with Crippen LogP contribution in [0.1, 0.15) is 11.7 Å². The molecule has 0 amide bonds. The van der Waals surface area contributed by atoms with Crippen molar-refractivity contribution in [1.29, 1.82) is 0 Å². The molecule has 1 rings (SSSR count). The van der Waals surface area contributed by atoms with Gasteiger partial charge < -0.3 is 15.2 Å². The van der Waals surface area contributed by atoms with Crippen LogP contribution in [0.2, 0.25) is 0 Å². The predicted molar refractivity (Wildman–Crippen MR) is 53.6 cm³/mol. The van der Waals surface area contributed by atoms with Crippen LogP contribution in [0.25, 0.3) is 0 Å². The lowest BCUT2D eigenvalue weighted by molar-refractivity contribution is -0.174. The van der Waals surface area contributed by atoms with Crippen LogP contribution in [0.15, 0.2) is 6.20 Å². The van der Waals surface area contributed by atoms with Crippen LogP contribution in [0.3, 0.4) is 0 Å². The molecule has 0 aliphatic carbocycles. The highest BCUT2D eigenvalue weighted by Crippen LogP contribution is 2.23. The van der Waals surface area contributed by atoms with E-state index < -0.39 is 18.8 Å². The van der Waals surface area contributed by atoms with Gasteiger partial charge in [0.1, 0.15) is 6.61 Å². The molecule has 0 saturated carbocycles. The van der Waals surface area contributed by atoms with Crippen molar-refractivity contribution in [2.45, 2.75) is 12.2 Å². The lowest BCUT2D eigenvalue weighted by Gasteiger charge is -2.15. The largest absolute Gasteiger partial charge is 0.493 e. The zero-order valence-electron chi connectivity index (χ0n) is 9.49. The lowest BCUT2D eigenvalue weighted by Crippen LogP contribution is -2.25. The first-order valence-corrected chi connectivity index (χ1v) is 4.81. The quantitative estimate of drug-likeness (QED) is 0.850. The third-order valence-electron chi connectivity index (χ3n) is 2.08. The summed E-state index contributed by atoms with van der Waals surface area (Å²) < 4.78 is 46.5. The number of aryl methyl sites for hydroxylation is 1. The standard InChI is InChI=1S/C9H14F3N3O2/c1-15-8(7(16-2)3-14-15)6(13)4-17-5-9(10,11)12/h3,6H,4-5,13H2,1-2H3. The van der Waals surface area contributed by atoms with Gasteiger partial charge in [-0.15, -0.1) is 0 Å². The second kappa shape index (κ2) is 5.37. The minimum atomic E-state index is -4.35. The summed E-state index contributed by atoms with van der Waals surface area (Å²) >= 11 is 0. The van der Waals surface area contributed by atoms with E-state index in [9.17, 15) is 13.2 Å². The minimum absolute atomic E-state index is 0.255. The van der Waals surface area contributed by atoms with E-state index in [1.165, 1.54) is 18.0 Å². The molecule has 0 aromatic carbocycles. The van der Waals surface area contributed by atoms with E-state index in [1.807, 2.05) is 0 Å². The topological polar surface area (TPSA) is 62.3 Å². The smallest absolute Gasteiger partial charge is 0.411 e. The number of ether oxygens (including phenoxy) is 2. The molecule has 0 aliphatic rings. The minimum Gasteiger partial charge on any atom is -0.493 e. The Kier molecular flexibility index (Phi) is 4.35. The molecule has 1 heterocycles. The predicted octanol–water partition coefficient (Wildman–Crippen LogP) is 1.01. The fourth-order valence-electron chi connectivity index (χ4n) is 1.39. The molecule has 1 aromatic rings. The molecule has 0 aliphatic heterocycles. The van der Waals surface area contributed by atoms with Crippen LogP contribution in [-0.4, -0.2) is 36.3 Å². The average molecular weight is 253 g/mol. The Balaban J connectivity index is 2.57. The molecule has 2 N–H and O–H groups in total. The molecule has 8 heteroatoms. The van der Waals surface area contributed by atoms with Gasteiger partial charge >= 0.3 is 6.18 Å². The number of methoxy groups -OCH3 is 1. The summed E-state index contributed by atoms with van der Waals surface area (Å²) in [5.74, 6) is 0.426. The van der Waals surface area contributed by atoms with Gasteiger partial charge in [-0.25, -0.2) is 0 Å². The number of rotatable bonds is 5. The van der Waals surface area contributed by atoms with E-state index in [-0.39, 0.29) is 6.61 Å². The monoisotopic (exact) mass is 253 g/mol. The molecule has 1 aromatic heterocycles. The Bertz CT molecular complexity index is 365. The second-order valence-corrected chi connectivity index (χ2v) is 3.46. The first-order chi connectivity index (χ1) is 7.85. The number of nitrogens with two attached hydrogens (primary N) is 1. The zero-order chi connectivity index (χ0) is 13.1. The number of hydrogen-bond acceptors (Lipinski definition) is 4. The molecule has 0 spiro atoms. The van der Waals surface area contributed by atoms with Crippen molar-refractivity contribution >= 4 is 0 Å². The van der Waals surface area contributed by atoms with E-state index >= 15 is 0 Å².